The van der Waals surface area contributed by atoms with E-state index in [1.54, 1.807) is 6.07 Å². The minimum atomic E-state index is -4.87. The molecule has 7 heteroatoms. The summed E-state index contributed by atoms with van der Waals surface area (Å²) in [6.07, 6.45) is -4.87. The molecule has 0 fully saturated rings. The molecule has 0 aliphatic carbocycles. The molecule has 0 unspecified atom stereocenters. The quantitative estimate of drug-likeness (QED) is 0.432. The summed E-state index contributed by atoms with van der Waals surface area (Å²) in [4.78, 5) is 10.8. The summed E-state index contributed by atoms with van der Waals surface area (Å²) in [5.41, 5.74) is -0.0562. The molecule has 0 atom stereocenters. The lowest BCUT2D eigenvalue weighted by atomic mass is 10.3. The van der Waals surface area contributed by atoms with Crippen LogP contribution in [0.1, 0.15) is 0 Å². The molecule has 1 rings (SSSR count). The van der Waals surface area contributed by atoms with Gasteiger partial charge >= 0.3 is 12.3 Å². The largest absolute Gasteiger partial charge is 0.486 e. The van der Waals surface area contributed by atoms with Crippen molar-refractivity contribution in [3.8, 4) is 0 Å². The first kappa shape index (κ1) is 11.3. The topological polar surface area (TPSA) is 52.6 Å². The van der Waals surface area contributed by atoms with E-state index in [1.807, 2.05) is 0 Å². The molecule has 0 heterocycles. The predicted octanol–water partition coefficient (Wildman–Crippen LogP) is 2.11. The van der Waals surface area contributed by atoms with Gasteiger partial charge in [-0.2, -0.15) is 18.2 Å². The second-order valence-corrected chi connectivity index (χ2v) is 2.58. The average Bonchev–Trinajstić information content (AvgIpc) is 2.15. The van der Waals surface area contributed by atoms with Crippen LogP contribution in [0.25, 0.3) is 0 Å². The number of hydroxylamine groups is 1. The standard InChI is InChI=1S/C8H7F3N2O2/c9-8(10,11)12-7(14)13(15)6-4-2-1-3-5-6/h1-5,15H,(H,12,14). The van der Waals surface area contributed by atoms with Gasteiger partial charge in [0, 0.05) is 0 Å². The van der Waals surface area contributed by atoms with Gasteiger partial charge in [0.25, 0.3) is 0 Å². The number of hydrogen-bond acceptors (Lipinski definition) is 2. The molecule has 0 aliphatic heterocycles. The van der Waals surface area contributed by atoms with Gasteiger partial charge in [0.2, 0.25) is 0 Å². The number of carbonyl (C=O) groups excluding carboxylic acids is 1. The molecule has 0 aromatic heterocycles. The highest BCUT2D eigenvalue weighted by Crippen LogP contribution is 2.14. The molecule has 4 nitrogen and oxygen atoms in total. The Labute approximate surface area is 82.9 Å². The van der Waals surface area contributed by atoms with Crippen molar-refractivity contribution in [3.05, 3.63) is 30.3 Å². The Morgan fingerprint density at radius 3 is 2.27 bits per heavy atom. The number of alkyl halides is 3. The van der Waals surface area contributed by atoms with Gasteiger partial charge in [-0.05, 0) is 12.1 Å². The number of amides is 2. The normalized spacial score (nSPS) is 10.9. The number of carbonyl (C=O) groups is 1. The molecular weight excluding hydrogens is 213 g/mol. The van der Waals surface area contributed by atoms with Crippen LogP contribution in [0.3, 0.4) is 0 Å². The minimum Gasteiger partial charge on any atom is -0.280 e. The Morgan fingerprint density at radius 2 is 1.80 bits per heavy atom. The maximum Gasteiger partial charge on any atom is 0.486 e. The zero-order chi connectivity index (χ0) is 11.5. The van der Waals surface area contributed by atoms with Crippen molar-refractivity contribution in [2.24, 2.45) is 0 Å². The minimum absolute atomic E-state index is 0.0562. The number of benzene rings is 1. The first-order valence-electron chi connectivity index (χ1n) is 3.83. The van der Waals surface area contributed by atoms with Gasteiger partial charge in [0.05, 0.1) is 5.69 Å². The lowest BCUT2D eigenvalue weighted by Gasteiger charge is -2.16. The molecule has 0 aliphatic rings. The van der Waals surface area contributed by atoms with Crippen LogP contribution in [0, 0.1) is 0 Å². The Hall–Kier alpha value is -1.76. The van der Waals surface area contributed by atoms with E-state index in [0.29, 0.717) is 5.32 Å². The molecule has 2 amide bonds. The molecule has 0 saturated heterocycles. The van der Waals surface area contributed by atoms with Crippen molar-refractivity contribution in [3.63, 3.8) is 0 Å². The van der Waals surface area contributed by atoms with Crippen LogP contribution in [-0.4, -0.2) is 17.5 Å². The van der Waals surface area contributed by atoms with Crippen LogP contribution in [0.5, 0.6) is 0 Å². The first-order valence-corrected chi connectivity index (χ1v) is 3.83. The monoisotopic (exact) mass is 220 g/mol. The van der Waals surface area contributed by atoms with Gasteiger partial charge in [-0.25, -0.2) is 10.1 Å². The maximum atomic E-state index is 11.7. The Kier molecular flexibility index (Phi) is 3.15. The van der Waals surface area contributed by atoms with Crippen molar-refractivity contribution in [1.29, 1.82) is 0 Å². The molecule has 0 spiro atoms. The Bertz CT molecular complexity index is 339. The lowest BCUT2D eigenvalue weighted by Crippen LogP contribution is -2.45. The smallest absolute Gasteiger partial charge is 0.280 e. The number of nitrogens with one attached hydrogen (secondary N) is 1. The molecule has 0 bridgehead atoms. The number of rotatable bonds is 1. The number of hydrogen-bond donors (Lipinski definition) is 2. The molecule has 0 radical (unpaired) electrons. The Morgan fingerprint density at radius 1 is 1.27 bits per heavy atom. The summed E-state index contributed by atoms with van der Waals surface area (Å²) in [6, 6.07) is 5.46. The average molecular weight is 220 g/mol. The molecule has 1 aromatic rings. The SMILES string of the molecule is O=C(NC(F)(F)F)N(O)c1ccccc1. The highest BCUT2D eigenvalue weighted by atomic mass is 19.4. The van der Waals surface area contributed by atoms with Crippen molar-refractivity contribution in [1.82, 2.24) is 5.32 Å². The van der Waals surface area contributed by atoms with Crippen LogP contribution in [0.15, 0.2) is 30.3 Å². The fourth-order valence-electron chi connectivity index (χ4n) is 0.861. The molecule has 0 saturated carbocycles. The van der Waals surface area contributed by atoms with E-state index in [-0.39, 0.29) is 10.8 Å². The number of anilines is 1. The molecule has 1 aromatic carbocycles. The van der Waals surface area contributed by atoms with Crippen LogP contribution >= 0.6 is 0 Å². The molecule has 15 heavy (non-hydrogen) atoms. The van der Waals surface area contributed by atoms with Gasteiger partial charge in [0.15, 0.2) is 0 Å². The van der Waals surface area contributed by atoms with Crippen molar-refractivity contribution >= 4 is 11.7 Å². The summed E-state index contributed by atoms with van der Waals surface area (Å²) in [5, 5.41) is 9.61. The molecule has 82 valence electrons. The fourth-order valence-corrected chi connectivity index (χ4v) is 0.861. The van der Waals surface area contributed by atoms with Gasteiger partial charge in [-0.1, -0.05) is 18.2 Å². The van der Waals surface area contributed by atoms with Gasteiger partial charge in [-0.15, -0.1) is 0 Å². The lowest BCUT2D eigenvalue weighted by molar-refractivity contribution is -0.146. The van der Waals surface area contributed by atoms with Gasteiger partial charge in [-0.3, -0.25) is 5.21 Å². The van der Waals surface area contributed by atoms with Gasteiger partial charge in [0.1, 0.15) is 0 Å². The van der Waals surface area contributed by atoms with E-state index < -0.39 is 12.3 Å². The number of halogens is 3. The highest BCUT2D eigenvalue weighted by molar-refractivity contribution is 5.89. The predicted molar refractivity (Wildman–Crippen MR) is 45.3 cm³/mol. The third-order valence-corrected chi connectivity index (χ3v) is 1.44. The highest BCUT2D eigenvalue weighted by Gasteiger charge is 2.32. The third-order valence-electron chi connectivity index (χ3n) is 1.44. The van der Waals surface area contributed by atoms with Crippen LogP contribution in [0.4, 0.5) is 23.7 Å². The van der Waals surface area contributed by atoms with E-state index in [1.165, 1.54) is 24.3 Å². The summed E-state index contributed by atoms with van der Waals surface area (Å²) >= 11 is 0. The number of nitrogens with zero attached hydrogens (tertiary/aromatic N) is 1. The summed E-state index contributed by atoms with van der Waals surface area (Å²) in [7, 11) is 0. The Balaban J connectivity index is 2.70. The summed E-state index contributed by atoms with van der Waals surface area (Å²) in [6.45, 7) is 0. The van der Waals surface area contributed by atoms with Crippen LogP contribution < -0.4 is 10.4 Å². The third kappa shape index (κ3) is 3.47. The second kappa shape index (κ2) is 4.18. The van der Waals surface area contributed by atoms with Crippen LogP contribution in [0.2, 0.25) is 0 Å². The molecule has 2 N–H and O–H groups in total. The molecular formula is C8H7F3N2O2. The number of para-hydroxylation sites is 1. The van der Waals surface area contributed by atoms with Crippen molar-refractivity contribution in [2.75, 3.05) is 5.06 Å². The fraction of sp³-hybridized carbons (Fsp3) is 0.125. The van der Waals surface area contributed by atoms with E-state index in [4.69, 9.17) is 5.21 Å². The number of urea groups is 1. The maximum absolute atomic E-state index is 11.7. The van der Waals surface area contributed by atoms with E-state index in [0.717, 1.165) is 0 Å². The first-order chi connectivity index (χ1) is 6.90. The zero-order valence-electron chi connectivity index (χ0n) is 7.32. The van der Waals surface area contributed by atoms with E-state index >= 15 is 0 Å². The van der Waals surface area contributed by atoms with E-state index in [9.17, 15) is 18.0 Å². The van der Waals surface area contributed by atoms with Crippen molar-refractivity contribution in [2.45, 2.75) is 6.30 Å². The summed E-state index contributed by atoms with van der Waals surface area (Å²) < 4.78 is 35.1. The van der Waals surface area contributed by atoms with Crippen LogP contribution in [-0.2, 0) is 0 Å². The van der Waals surface area contributed by atoms with Gasteiger partial charge < -0.3 is 0 Å². The second-order valence-electron chi connectivity index (χ2n) is 2.58. The summed E-state index contributed by atoms with van der Waals surface area (Å²) in [5.74, 6) is 0. The zero-order valence-corrected chi connectivity index (χ0v) is 7.32. The van der Waals surface area contributed by atoms with E-state index in [2.05, 4.69) is 0 Å². The van der Waals surface area contributed by atoms with Crippen molar-refractivity contribution < 1.29 is 23.2 Å².